The number of hydrogen-bond donors (Lipinski definition) is 0. The van der Waals surface area contributed by atoms with Gasteiger partial charge in [-0.2, -0.15) is 9.61 Å². The standard InChI is InChI=1S/C13H12ClN5/c1-18(2)10-8-11-15-16-13(19(11)17-12(10)14)9-6-4-3-5-7-9/h3-8H,1-2H3. The predicted molar refractivity (Wildman–Crippen MR) is 75.6 cm³/mol. The Bertz CT molecular complexity index is 720. The lowest BCUT2D eigenvalue weighted by Gasteiger charge is -2.13. The van der Waals surface area contributed by atoms with E-state index >= 15 is 0 Å². The molecule has 0 aliphatic carbocycles. The van der Waals surface area contributed by atoms with E-state index in [0.717, 1.165) is 11.3 Å². The maximum atomic E-state index is 6.19. The fourth-order valence-corrected chi connectivity index (χ4v) is 2.18. The van der Waals surface area contributed by atoms with Crippen LogP contribution in [0, 0.1) is 0 Å². The zero-order chi connectivity index (χ0) is 13.4. The van der Waals surface area contributed by atoms with E-state index in [1.54, 1.807) is 4.52 Å². The molecule has 96 valence electrons. The summed E-state index contributed by atoms with van der Waals surface area (Å²) < 4.78 is 1.66. The monoisotopic (exact) mass is 273 g/mol. The average Bonchev–Trinajstić information content (AvgIpc) is 2.81. The maximum absolute atomic E-state index is 6.19. The second-order valence-corrected chi connectivity index (χ2v) is 4.73. The van der Waals surface area contributed by atoms with Crippen molar-refractivity contribution in [1.29, 1.82) is 0 Å². The Morgan fingerprint density at radius 1 is 1.11 bits per heavy atom. The molecule has 0 bridgehead atoms. The molecule has 0 fully saturated rings. The minimum Gasteiger partial charge on any atom is -0.375 e. The Hall–Kier alpha value is -2.14. The molecule has 6 heteroatoms. The molecule has 5 nitrogen and oxygen atoms in total. The summed E-state index contributed by atoms with van der Waals surface area (Å²) in [6.45, 7) is 0. The van der Waals surface area contributed by atoms with Gasteiger partial charge in [0.05, 0.1) is 5.69 Å². The fraction of sp³-hybridized carbons (Fsp3) is 0.154. The van der Waals surface area contributed by atoms with Crippen LogP contribution in [-0.4, -0.2) is 33.9 Å². The molecule has 2 aromatic heterocycles. The first-order chi connectivity index (χ1) is 9.16. The highest BCUT2D eigenvalue weighted by atomic mass is 35.5. The third-order valence-electron chi connectivity index (χ3n) is 2.84. The summed E-state index contributed by atoms with van der Waals surface area (Å²) in [5, 5.41) is 13.1. The van der Waals surface area contributed by atoms with Gasteiger partial charge in [0.25, 0.3) is 0 Å². The van der Waals surface area contributed by atoms with Crippen LogP contribution in [0.4, 0.5) is 5.69 Å². The molecule has 0 N–H and O–H groups in total. The van der Waals surface area contributed by atoms with Gasteiger partial charge in [-0.3, -0.25) is 0 Å². The minimum atomic E-state index is 0.425. The fourth-order valence-electron chi connectivity index (χ4n) is 1.88. The van der Waals surface area contributed by atoms with Gasteiger partial charge in [-0.05, 0) is 0 Å². The van der Waals surface area contributed by atoms with Gasteiger partial charge in [0.2, 0.25) is 0 Å². The first kappa shape index (κ1) is 11.9. The summed E-state index contributed by atoms with van der Waals surface area (Å²) in [5.41, 5.74) is 2.45. The van der Waals surface area contributed by atoms with E-state index in [2.05, 4.69) is 15.3 Å². The molecule has 0 atom stereocenters. The van der Waals surface area contributed by atoms with Crippen LogP contribution in [0.15, 0.2) is 36.4 Å². The first-order valence-corrected chi connectivity index (χ1v) is 6.19. The Labute approximate surface area is 115 Å². The second kappa shape index (κ2) is 4.51. The van der Waals surface area contributed by atoms with Crippen LogP contribution in [0.3, 0.4) is 0 Å². The molecule has 0 aliphatic rings. The smallest absolute Gasteiger partial charge is 0.185 e. The van der Waals surface area contributed by atoms with Crippen LogP contribution in [0.5, 0.6) is 0 Å². The lowest BCUT2D eigenvalue weighted by atomic mass is 10.2. The van der Waals surface area contributed by atoms with Crippen LogP contribution < -0.4 is 4.90 Å². The van der Waals surface area contributed by atoms with Gasteiger partial charge in [0.1, 0.15) is 0 Å². The van der Waals surface area contributed by atoms with Crippen molar-refractivity contribution in [1.82, 2.24) is 19.8 Å². The number of rotatable bonds is 2. The Balaban J connectivity index is 2.22. The summed E-state index contributed by atoms with van der Waals surface area (Å²) in [4.78, 5) is 1.90. The molecule has 0 spiro atoms. The van der Waals surface area contributed by atoms with Crippen LogP contribution in [0.1, 0.15) is 0 Å². The molecule has 0 radical (unpaired) electrons. The minimum absolute atomic E-state index is 0.425. The highest BCUT2D eigenvalue weighted by molar-refractivity contribution is 6.32. The lowest BCUT2D eigenvalue weighted by molar-refractivity contribution is 0.927. The zero-order valence-electron chi connectivity index (χ0n) is 10.6. The summed E-state index contributed by atoms with van der Waals surface area (Å²) in [6.07, 6.45) is 0. The Morgan fingerprint density at radius 3 is 2.53 bits per heavy atom. The van der Waals surface area contributed by atoms with Crippen molar-refractivity contribution in [3.05, 3.63) is 41.6 Å². The average molecular weight is 274 g/mol. The number of benzene rings is 1. The third-order valence-corrected chi connectivity index (χ3v) is 3.11. The van der Waals surface area contributed by atoms with Crippen molar-refractivity contribution in [3.8, 4) is 11.4 Å². The molecule has 0 unspecified atom stereocenters. The number of fused-ring (bicyclic) bond motifs is 1. The van der Waals surface area contributed by atoms with Gasteiger partial charge < -0.3 is 4.90 Å². The van der Waals surface area contributed by atoms with E-state index in [-0.39, 0.29) is 0 Å². The number of nitrogens with zero attached hydrogens (tertiary/aromatic N) is 5. The molecule has 2 heterocycles. The lowest BCUT2D eigenvalue weighted by Crippen LogP contribution is -2.11. The van der Waals surface area contributed by atoms with Crippen LogP contribution in [0.2, 0.25) is 5.15 Å². The van der Waals surface area contributed by atoms with E-state index in [4.69, 9.17) is 11.6 Å². The van der Waals surface area contributed by atoms with Crippen molar-refractivity contribution < 1.29 is 0 Å². The van der Waals surface area contributed by atoms with Crippen molar-refractivity contribution in [3.63, 3.8) is 0 Å². The van der Waals surface area contributed by atoms with E-state index < -0.39 is 0 Å². The summed E-state index contributed by atoms with van der Waals surface area (Å²) in [7, 11) is 3.82. The quantitative estimate of drug-likeness (QED) is 0.720. The highest BCUT2D eigenvalue weighted by Crippen LogP contribution is 2.25. The number of anilines is 1. The van der Waals surface area contributed by atoms with Gasteiger partial charge in [0, 0.05) is 25.7 Å². The molecule has 0 saturated carbocycles. The topological polar surface area (TPSA) is 46.3 Å². The maximum Gasteiger partial charge on any atom is 0.185 e. The van der Waals surface area contributed by atoms with Crippen molar-refractivity contribution in [2.24, 2.45) is 0 Å². The van der Waals surface area contributed by atoms with Crippen LogP contribution in [0.25, 0.3) is 17.0 Å². The molecule has 1 aromatic carbocycles. The van der Waals surface area contributed by atoms with E-state index in [0.29, 0.717) is 16.6 Å². The summed E-state index contributed by atoms with van der Waals surface area (Å²) in [6, 6.07) is 11.7. The number of hydrogen-bond acceptors (Lipinski definition) is 4. The van der Waals surface area contributed by atoms with Gasteiger partial charge in [0.15, 0.2) is 16.6 Å². The number of aromatic nitrogens is 4. The largest absolute Gasteiger partial charge is 0.375 e. The predicted octanol–water partition coefficient (Wildman–Crippen LogP) is 2.51. The van der Waals surface area contributed by atoms with Crippen LogP contribution in [-0.2, 0) is 0 Å². The third kappa shape index (κ3) is 2.02. The molecule has 19 heavy (non-hydrogen) atoms. The van der Waals surface area contributed by atoms with Crippen molar-refractivity contribution in [2.45, 2.75) is 0 Å². The molecule has 0 saturated heterocycles. The molecule has 3 aromatic rings. The summed E-state index contributed by atoms with van der Waals surface area (Å²) >= 11 is 6.19. The van der Waals surface area contributed by atoms with Gasteiger partial charge in [-0.25, -0.2) is 0 Å². The SMILES string of the molecule is CN(C)c1cc2nnc(-c3ccccc3)n2nc1Cl. The second-order valence-electron chi connectivity index (χ2n) is 4.37. The first-order valence-electron chi connectivity index (χ1n) is 5.81. The molecular weight excluding hydrogens is 262 g/mol. The Kier molecular flexibility index (Phi) is 2.83. The van der Waals surface area contributed by atoms with E-state index in [1.807, 2.05) is 55.4 Å². The van der Waals surface area contributed by atoms with E-state index in [1.165, 1.54) is 0 Å². The van der Waals surface area contributed by atoms with Crippen molar-refractivity contribution in [2.75, 3.05) is 19.0 Å². The molecule has 3 rings (SSSR count). The van der Waals surface area contributed by atoms with Crippen LogP contribution >= 0.6 is 11.6 Å². The van der Waals surface area contributed by atoms with Gasteiger partial charge in [-0.15, -0.1) is 10.2 Å². The van der Waals surface area contributed by atoms with Gasteiger partial charge in [-0.1, -0.05) is 41.9 Å². The summed E-state index contributed by atoms with van der Waals surface area (Å²) in [5.74, 6) is 0.683. The van der Waals surface area contributed by atoms with Crippen molar-refractivity contribution >= 4 is 22.9 Å². The highest BCUT2D eigenvalue weighted by Gasteiger charge is 2.13. The Morgan fingerprint density at radius 2 is 1.84 bits per heavy atom. The van der Waals surface area contributed by atoms with E-state index in [9.17, 15) is 0 Å². The molecule has 0 aliphatic heterocycles. The van der Waals surface area contributed by atoms with Gasteiger partial charge >= 0.3 is 0 Å². The zero-order valence-corrected chi connectivity index (χ0v) is 11.3. The molecular formula is C13H12ClN5. The normalized spacial score (nSPS) is 10.9. The number of halogens is 1. The molecule has 0 amide bonds.